The molecule has 0 saturated carbocycles. The molecular formula is C31H36N4O3. The van der Waals surface area contributed by atoms with E-state index >= 15 is 0 Å². The van der Waals surface area contributed by atoms with Gasteiger partial charge in [0, 0.05) is 43.3 Å². The number of carboxylic acids is 1. The van der Waals surface area contributed by atoms with Gasteiger partial charge in [0.1, 0.15) is 6.04 Å². The van der Waals surface area contributed by atoms with Crippen LogP contribution in [0.1, 0.15) is 30.0 Å². The number of para-hydroxylation sites is 1. The maximum Gasteiger partial charge on any atom is 0.304 e. The molecule has 198 valence electrons. The van der Waals surface area contributed by atoms with Gasteiger partial charge in [-0.05, 0) is 35.6 Å². The summed E-state index contributed by atoms with van der Waals surface area (Å²) in [6, 6.07) is 27.0. The Morgan fingerprint density at radius 1 is 0.895 bits per heavy atom. The number of aliphatic carboxylic acids is 1. The maximum atomic E-state index is 13.9. The number of aromatic nitrogens is 1. The van der Waals surface area contributed by atoms with Crippen LogP contribution in [0, 0.1) is 0 Å². The molecule has 1 amide bonds. The normalized spacial score (nSPS) is 12.9. The topological polar surface area (TPSA) is 88.7 Å². The van der Waals surface area contributed by atoms with Crippen LogP contribution in [0.4, 0.5) is 0 Å². The van der Waals surface area contributed by atoms with Crippen molar-refractivity contribution in [3.05, 3.63) is 108 Å². The van der Waals surface area contributed by atoms with Gasteiger partial charge in [-0.25, -0.2) is 5.01 Å². The van der Waals surface area contributed by atoms with Crippen LogP contribution in [0.3, 0.4) is 0 Å². The van der Waals surface area contributed by atoms with E-state index in [1.54, 1.807) is 4.90 Å². The van der Waals surface area contributed by atoms with E-state index in [2.05, 4.69) is 10.4 Å². The van der Waals surface area contributed by atoms with Gasteiger partial charge >= 0.3 is 5.97 Å². The van der Waals surface area contributed by atoms with Gasteiger partial charge in [-0.2, -0.15) is 0 Å². The second kappa shape index (κ2) is 13.0. The summed E-state index contributed by atoms with van der Waals surface area (Å²) in [6.07, 6.45) is 2.89. The highest BCUT2D eigenvalue weighted by molar-refractivity contribution is 5.83. The summed E-state index contributed by atoms with van der Waals surface area (Å²) < 4.78 is 0. The summed E-state index contributed by atoms with van der Waals surface area (Å²) in [5.74, 6) is -0.904. The third-order valence-corrected chi connectivity index (χ3v) is 6.82. The minimum Gasteiger partial charge on any atom is -0.481 e. The molecule has 1 unspecified atom stereocenters. The number of carbonyl (C=O) groups is 2. The molecule has 3 aromatic carbocycles. The average Bonchev–Trinajstić information content (AvgIpc) is 3.33. The largest absolute Gasteiger partial charge is 0.481 e. The highest BCUT2D eigenvalue weighted by atomic mass is 16.4. The van der Waals surface area contributed by atoms with E-state index < -0.39 is 18.1 Å². The number of amides is 1. The standard InChI is InChI=1S/C31H36N4O3/c1-3-35(33-26(20-30(36)37)19-25-21-32-28-17-11-10-16-27(25)28)29(18-23-12-6-4-7-13-23)31(38)34(2)22-24-14-8-5-9-15-24/h4-17,21,26,29,32-33H,3,18-20,22H2,1-2H3,(H,36,37)/t26-,29?/m1/s1. The number of aromatic amines is 1. The zero-order valence-corrected chi connectivity index (χ0v) is 22.0. The Morgan fingerprint density at radius 3 is 2.18 bits per heavy atom. The molecule has 0 bridgehead atoms. The van der Waals surface area contributed by atoms with E-state index in [0.29, 0.717) is 25.9 Å². The number of likely N-dealkylation sites (N-methyl/N-ethyl adjacent to an activating group) is 2. The van der Waals surface area contributed by atoms with Gasteiger partial charge in [0.15, 0.2) is 0 Å². The van der Waals surface area contributed by atoms with Crippen LogP contribution in [-0.2, 0) is 29.0 Å². The number of hydrogen-bond acceptors (Lipinski definition) is 4. The third kappa shape index (κ3) is 7.09. The summed E-state index contributed by atoms with van der Waals surface area (Å²) in [5.41, 5.74) is 7.61. The van der Waals surface area contributed by atoms with Crippen LogP contribution < -0.4 is 5.43 Å². The molecule has 1 heterocycles. The lowest BCUT2D eigenvalue weighted by atomic mass is 10.0. The number of hydrazine groups is 1. The van der Waals surface area contributed by atoms with E-state index in [0.717, 1.165) is 27.6 Å². The third-order valence-electron chi connectivity index (χ3n) is 6.82. The van der Waals surface area contributed by atoms with Crippen LogP contribution >= 0.6 is 0 Å². The fourth-order valence-electron chi connectivity index (χ4n) is 4.93. The maximum absolute atomic E-state index is 13.9. The number of benzene rings is 3. The minimum atomic E-state index is -0.884. The molecule has 4 aromatic rings. The Hall–Kier alpha value is -3.94. The number of carboxylic acid groups (broad SMARTS) is 1. The lowest BCUT2D eigenvalue weighted by molar-refractivity contribution is -0.139. The molecule has 2 atom stereocenters. The van der Waals surface area contributed by atoms with Gasteiger partial charge < -0.3 is 15.0 Å². The lowest BCUT2D eigenvalue weighted by Crippen LogP contribution is -2.57. The van der Waals surface area contributed by atoms with Crippen molar-refractivity contribution in [2.24, 2.45) is 0 Å². The summed E-state index contributed by atoms with van der Waals surface area (Å²) in [7, 11) is 1.82. The lowest BCUT2D eigenvalue weighted by Gasteiger charge is -2.36. The summed E-state index contributed by atoms with van der Waals surface area (Å²) in [6.45, 7) is 3.02. The van der Waals surface area contributed by atoms with Crippen molar-refractivity contribution in [2.75, 3.05) is 13.6 Å². The second-order valence-electron chi connectivity index (χ2n) is 9.66. The quantitative estimate of drug-likeness (QED) is 0.227. The van der Waals surface area contributed by atoms with Gasteiger partial charge in [0.2, 0.25) is 5.91 Å². The van der Waals surface area contributed by atoms with E-state index in [9.17, 15) is 14.7 Å². The SMILES string of the molecule is CCN(N[C@@H](CC(=O)O)Cc1c[nH]c2ccccc12)C(Cc1ccccc1)C(=O)N(C)Cc1ccccc1. The van der Waals surface area contributed by atoms with Crippen molar-refractivity contribution in [1.29, 1.82) is 0 Å². The van der Waals surface area contributed by atoms with Crippen molar-refractivity contribution in [2.45, 2.75) is 44.8 Å². The molecule has 3 N–H and O–H groups in total. The Bertz CT molecular complexity index is 1320. The predicted octanol–water partition coefficient (Wildman–Crippen LogP) is 4.65. The first-order chi connectivity index (χ1) is 18.4. The van der Waals surface area contributed by atoms with Crippen molar-refractivity contribution >= 4 is 22.8 Å². The predicted molar refractivity (Wildman–Crippen MR) is 150 cm³/mol. The average molecular weight is 513 g/mol. The molecule has 1 aromatic heterocycles. The first-order valence-corrected chi connectivity index (χ1v) is 13.1. The van der Waals surface area contributed by atoms with Gasteiger partial charge in [-0.15, -0.1) is 0 Å². The monoisotopic (exact) mass is 512 g/mol. The summed E-state index contributed by atoms with van der Waals surface area (Å²) in [5, 5.41) is 12.7. The molecule has 0 aliphatic heterocycles. The number of fused-ring (bicyclic) bond motifs is 1. The minimum absolute atomic E-state index is 0.0202. The Morgan fingerprint density at radius 2 is 1.53 bits per heavy atom. The number of H-pyrrole nitrogens is 1. The summed E-state index contributed by atoms with van der Waals surface area (Å²) >= 11 is 0. The zero-order chi connectivity index (χ0) is 26.9. The molecule has 7 nitrogen and oxygen atoms in total. The van der Waals surface area contributed by atoms with Crippen LogP contribution in [0.2, 0.25) is 0 Å². The first-order valence-electron chi connectivity index (χ1n) is 13.1. The molecular weight excluding hydrogens is 476 g/mol. The first kappa shape index (κ1) is 27.1. The molecule has 0 saturated heterocycles. The van der Waals surface area contributed by atoms with Gasteiger partial charge in [0.25, 0.3) is 0 Å². The van der Waals surface area contributed by atoms with Crippen LogP contribution in [-0.4, -0.2) is 57.6 Å². The highest BCUT2D eigenvalue weighted by Gasteiger charge is 2.30. The van der Waals surface area contributed by atoms with E-state index in [1.165, 1.54) is 0 Å². The zero-order valence-electron chi connectivity index (χ0n) is 22.0. The van der Waals surface area contributed by atoms with Crippen molar-refractivity contribution in [1.82, 2.24) is 20.3 Å². The Kier molecular flexibility index (Phi) is 9.30. The van der Waals surface area contributed by atoms with Gasteiger partial charge in [-0.3, -0.25) is 15.0 Å². The highest BCUT2D eigenvalue weighted by Crippen LogP contribution is 2.21. The van der Waals surface area contributed by atoms with E-state index in [4.69, 9.17) is 0 Å². The molecule has 0 spiro atoms. The van der Waals surface area contributed by atoms with Crippen molar-refractivity contribution < 1.29 is 14.7 Å². The molecule has 0 fully saturated rings. The fraction of sp³-hybridized carbons (Fsp3) is 0.290. The van der Waals surface area contributed by atoms with Crippen molar-refractivity contribution in [3.63, 3.8) is 0 Å². The molecule has 7 heteroatoms. The van der Waals surface area contributed by atoms with E-state index in [-0.39, 0.29) is 12.3 Å². The molecule has 38 heavy (non-hydrogen) atoms. The Balaban J connectivity index is 1.58. The molecule has 4 rings (SSSR count). The number of carbonyl (C=O) groups excluding carboxylic acids is 1. The molecule has 0 radical (unpaired) electrons. The number of hydrogen-bond donors (Lipinski definition) is 3. The van der Waals surface area contributed by atoms with Gasteiger partial charge in [0.05, 0.1) is 6.42 Å². The van der Waals surface area contributed by atoms with Gasteiger partial charge in [-0.1, -0.05) is 85.8 Å². The molecule has 0 aliphatic carbocycles. The number of nitrogens with one attached hydrogen (secondary N) is 2. The van der Waals surface area contributed by atoms with Crippen molar-refractivity contribution in [3.8, 4) is 0 Å². The van der Waals surface area contributed by atoms with Crippen LogP contribution in [0.5, 0.6) is 0 Å². The summed E-state index contributed by atoms with van der Waals surface area (Å²) in [4.78, 5) is 30.7. The number of rotatable bonds is 13. The smallest absolute Gasteiger partial charge is 0.304 e. The van der Waals surface area contributed by atoms with E-state index in [1.807, 2.05) is 110 Å². The molecule has 0 aliphatic rings. The second-order valence-corrected chi connectivity index (χ2v) is 9.66. The Labute approximate surface area is 224 Å². The van der Waals surface area contributed by atoms with Crippen LogP contribution in [0.15, 0.2) is 91.1 Å². The fourth-order valence-corrected chi connectivity index (χ4v) is 4.93. The van der Waals surface area contributed by atoms with Crippen LogP contribution in [0.25, 0.3) is 10.9 Å². The number of nitrogens with zero attached hydrogens (tertiary/aromatic N) is 2.